The molecule has 1 aliphatic carbocycles. The molecule has 0 bridgehead atoms. The van der Waals surface area contributed by atoms with Crippen LogP contribution in [0.5, 0.6) is 0 Å². The second-order valence-corrected chi connectivity index (χ2v) is 6.03. The van der Waals surface area contributed by atoms with Crippen molar-refractivity contribution in [2.45, 2.75) is 51.7 Å². The Morgan fingerprint density at radius 2 is 1.88 bits per heavy atom. The Bertz CT molecular complexity index is 354. The first-order chi connectivity index (χ1) is 7.75. The standard InChI is InChI=1S/C12H19NO4/c1-11(2,3)17-10(16)13-7-6-12(4-5-12)8(13)9(14)15/h8H,4-7H2,1-3H3,(H,14,15)/t8-/m0/s1. The summed E-state index contributed by atoms with van der Waals surface area (Å²) >= 11 is 0. The number of carbonyl (C=O) groups excluding carboxylic acids is 1. The predicted octanol–water partition coefficient (Wildman–Crippen LogP) is 1.86. The van der Waals surface area contributed by atoms with E-state index in [2.05, 4.69) is 0 Å². The van der Waals surface area contributed by atoms with Crippen molar-refractivity contribution in [3.8, 4) is 0 Å². The van der Waals surface area contributed by atoms with Crippen LogP contribution in [0.15, 0.2) is 0 Å². The molecule has 1 saturated heterocycles. The Morgan fingerprint density at radius 1 is 1.29 bits per heavy atom. The third-order valence-corrected chi connectivity index (χ3v) is 3.50. The number of ether oxygens (including phenoxy) is 1. The molecule has 1 saturated carbocycles. The molecule has 0 aromatic heterocycles. The fourth-order valence-electron chi connectivity index (χ4n) is 2.54. The van der Waals surface area contributed by atoms with Crippen molar-refractivity contribution in [1.82, 2.24) is 4.90 Å². The predicted molar refractivity (Wildman–Crippen MR) is 60.6 cm³/mol. The van der Waals surface area contributed by atoms with Gasteiger partial charge in [-0.1, -0.05) is 0 Å². The van der Waals surface area contributed by atoms with Gasteiger partial charge in [0.2, 0.25) is 0 Å². The Labute approximate surface area is 101 Å². The number of amides is 1. The minimum atomic E-state index is -0.911. The Kier molecular flexibility index (Phi) is 2.60. The number of hydrogen-bond acceptors (Lipinski definition) is 3. The van der Waals surface area contributed by atoms with Gasteiger partial charge in [-0.05, 0) is 40.0 Å². The zero-order valence-corrected chi connectivity index (χ0v) is 10.5. The number of carbonyl (C=O) groups is 2. The minimum absolute atomic E-state index is 0.164. The van der Waals surface area contributed by atoms with Crippen molar-refractivity contribution in [1.29, 1.82) is 0 Å². The minimum Gasteiger partial charge on any atom is -0.480 e. The number of nitrogens with zero attached hydrogens (tertiary/aromatic N) is 1. The van der Waals surface area contributed by atoms with Crippen LogP contribution in [-0.2, 0) is 9.53 Å². The summed E-state index contributed by atoms with van der Waals surface area (Å²) in [6.07, 6.45) is 2.09. The number of likely N-dealkylation sites (tertiary alicyclic amines) is 1. The Hall–Kier alpha value is -1.26. The first kappa shape index (κ1) is 12.2. The quantitative estimate of drug-likeness (QED) is 0.761. The molecule has 1 N–H and O–H groups in total. The van der Waals surface area contributed by atoms with Crippen molar-refractivity contribution in [3.63, 3.8) is 0 Å². The molecule has 0 unspecified atom stereocenters. The van der Waals surface area contributed by atoms with E-state index in [-0.39, 0.29) is 5.41 Å². The molecule has 0 radical (unpaired) electrons. The van der Waals surface area contributed by atoms with E-state index >= 15 is 0 Å². The molecular weight excluding hydrogens is 222 g/mol. The van der Waals surface area contributed by atoms with Crippen LogP contribution in [0.1, 0.15) is 40.0 Å². The van der Waals surface area contributed by atoms with Gasteiger partial charge in [0.1, 0.15) is 11.6 Å². The monoisotopic (exact) mass is 241 g/mol. The van der Waals surface area contributed by atoms with Crippen LogP contribution in [0.4, 0.5) is 4.79 Å². The average Bonchev–Trinajstić information content (AvgIpc) is 2.74. The molecule has 1 heterocycles. The lowest BCUT2D eigenvalue weighted by Crippen LogP contribution is -2.46. The van der Waals surface area contributed by atoms with Gasteiger partial charge in [-0.25, -0.2) is 9.59 Å². The van der Waals surface area contributed by atoms with Crippen LogP contribution in [0.2, 0.25) is 0 Å². The molecule has 5 heteroatoms. The fourth-order valence-corrected chi connectivity index (χ4v) is 2.54. The summed E-state index contributed by atoms with van der Waals surface area (Å²) in [5, 5.41) is 9.26. The molecule has 1 amide bonds. The average molecular weight is 241 g/mol. The molecule has 96 valence electrons. The number of carboxylic acids is 1. The second-order valence-electron chi connectivity index (χ2n) is 6.03. The normalized spacial score (nSPS) is 26.1. The van der Waals surface area contributed by atoms with Gasteiger partial charge >= 0.3 is 12.1 Å². The zero-order valence-electron chi connectivity index (χ0n) is 10.5. The van der Waals surface area contributed by atoms with E-state index in [1.807, 2.05) is 0 Å². The van der Waals surface area contributed by atoms with Crippen LogP contribution in [0.3, 0.4) is 0 Å². The Morgan fingerprint density at radius 3 is 2.29 bits per heavy atom. The summed E-state index contributed by atoms with van der Waals surface area (Å²) in [5.41, 5.74) is -0.748. The molecule has 5 nitrogen and oxygen atoms in total. The van der Waals surface area contributed by atoms with E-state index in [0.717, 1.165) is 19.3 Å². The lowest BCUT2D eigenvalue weighted by molar-refractivity contribution is -0.143. The van der Waals surface area contributed by atoms with Gasteiger partial charge in [-0.3, -0.25) is 4.90 Å². The molecule has 0 aromatic rings. The van der Waals surface area contributed by atoms with Gasteiger partial charge < -0.3 is 9.84 Å². The highest BCUT2D eigenvalue weighted by atomic mass is 16.6. The maximum absolute atomic E-state index is 11.9. The summed E-state index contributed by atoms with van der Waals surface area (Å²) in [6.45, 7) is 5.84. The number of carboxylic acid groups (broad SMARTS) is 1. The molecule has 17 heavy (non-hydrogen) atoms. The van der Waals surface area contributed by atoms with Gasteiger partial charge in [0.05, 0.1) is 0 Å². The van der Waals surface area contributed by atoms with Gasteiger partial charge in [0, 0.05) is 12.0 Å². The van der Waals surface area contributed by atoms with E-state index in [0.29, 0.717) is 6.54 Å². The number of hydrogen-bond donors (Lipinski definition) is 1. The summed E-state index contributed by atoms with van der Waals surface area (Å²) in [5.74, 6) is -0.911. The van der Waals surface area contributed by atoms with Crippen molar-refractivity contribution in [2.24, 2.45) is 5.41 Å². The summed E-state index contributed by atoms with van der Waals surface area (Å²) in [7, 11) is 0. The molecule has 1 atom stereocenters. The molecular formula is C12H19NO4. The molecule has 1 spiro atoms. The summed E-state index contributed by atoms with van der Waals surface area (Å²) < 4.78 is 5.25. The van der Waals surface area contributed by atoms with Gasteiger partial charge in [0.15, 0.2) is 0 Å². The number of rotatable bonds is 1. The zero-order chi connectivity index (χ0) is 12.8. The smallest absolute Gasteiger partial charge is 0.411 e. The van der Waals surface area contributed by atoms with Crippen LogP contribution >= 0.6 is 0 Å². The highest BCUT2D eigenvalue weighted by molar-refractivity contribution is 5.82. The summed E-state index contributed by atoms with van der Waals surface area (Å²) in [4.78, 5) is 24.6. The van der Waals surface area contributed by atoms with Crippen molar-refractivity contribution < 1.29 is 19.4 Å². The molecule has 2 aliphatic rings. The third-order valence-electron chi connectivity index (χ3n) is 3.50. The van der Waals surface area contributed by atoms with E-state index in [4.69, 9.17) is 4.74 Å². The van der Waals surface area contributed by atoms with E-state index < -0.39 is 23.7 Å². The van der Waals surface area contributed by atoms with Crippen LogP contribution in [0, 0.1) is 5.41 Å². The van der Waals surface area contributed by atoms with Crippen molar-refractivity contribution in [2.75, 3.05) is 6.54 Å². The van der Waals surface area contributed by atoms with Crippen LogP contribution in [0.25, 0.3) is 0 Å². The largest absolute Gasteiger partial charge is 0.480 e. The highest BCUT2D eigenvalue weighted by Crippen LogP contribution is 2.57. The van der Waals surface area contributed by atoms with E-state index in [1.54, 1.807) is 20.8 Å². The molecule has 2 fully saturated rings. The van der Waals surface area contributed by atoms with Crippen molar-refractivity contribution >= 4 is 12.1 Å². The van der Waals surface area contributed by atoms with Crippen LogP contribution < -0.4 is 0 Å². The van der Waals surface area contributed by atoms with Crippen molar-refractivity contribution in [3.05, 3.63) is 0 Å². The molecule has 0 aromatic carbocycles. The SMILES string of the molecule is CC(C)(C)OC(=O)N1CCC2(CC2)[C@@H]1C(=O)O. The first-order valence-electron chi connectivity index (χ1n) is 5.98. The van der Waals surface area contributed by atoms with Gasteiger partial charge in [-0.15, -0.1) is 0 Å². The molecule has 1 aliphatic heterocycles. The topological polar surface area (TPSA) is 66.8 Å². The Balaban J connectivity index is 2.11. The van der Waals surface area contributed by atoms with E-state index in [1.165, 1.54) is 4.90 Å². The fraction of sp³-hybridized carbons (Fsp3) is 0.833. The lowest BCUT2D eigenvalue weighted by Gasteiger charge is -2.28. The summed E-state index contributed by atoms with van der Waals surface area (Å²) in [6, 6.07) is -0.697. The third kappa shape index (κ3) is 2.23. The van der Waals surface area contributed by atoms with Crippen LogP contribution in [-0.4, -0.2) is 40.3 Å². The highest BCUT2D eigenvalue weighted by Gasteiger charge is 2.60. The van der Waals surface area contributed by atoms with Gasteiger partial charge in [-0.2, -0.15) is 0 Å². The first-order valence-corrected chi connectivity index (χ1v) is 5.98. The van der Waals surface area contributed by atoms with E-state index in [9.17, 15) is 14.7 Å². The number of aliphatic carboxylic acids is 1. The second kappa shape index (κ2) is 3.62. The maximum Gasteiger partial charge on any atom is 0.411 e. The molecule has 2 rings (SSSR count). The van der Waals surface area contributed by atoms with Gasteiger partial charge in [0.25, 0.3) is 0 Å². The maximum atomic E-state index is 11.9. The lowest BCUT2D eigenvalue weighted by atomic mass is 9.97.